The van der Waals surface area contributed by atoms with Gasteiger partial charge in [-0.1, -0.05) is 0 Å². The van der Waals surface area contributed by atoms with Crippen molar-refractivity contribution in [3.8, 4) is 0 Å². The number of nitrogens with zero attached hydrogens (tertiary/aromatic N) is 1. The minimum Gasteiger partial charge on any atom is -0.341 e. The quantitative estimate of drug-likeness (QED) is 0.892. The SMILES string of the molecule is C[C@H](NC(=O)NC1CCCc2sccc21)C(=O)N1CCCCC1. The van der Waals surface area contributed by atoms with Crippen LogP contribution in [0.15, 0.2) is 11.4 Å². The van der Waals surface area contributed by atoms with Crippen LogP contribution in [0.2, 0.25) is 0 Å². The Balaban J connectivity index is 1.52. The molecule has 126 valence electrons. The lowest BCUT2D eigenvalue weighted by Gasteiger charge is -2.30. The molecule has 0 saturated carbocycles. The predicted octanol–water partition coefficient (Wildman–Crippen LogP) is 2.83. The molecule has 3 rings (SSSR count). The normalized spacial score (nSPS) is 22.1. The average molecular weight is 335 g/mol. The number of amides is 3. The van der Waals surface area contributed by atoms with E-state index in [0.29, 0.717) is 0 Å². The van der Waals surface area contributed by atoms with Crippen LogP contribution in [-0.4, -0.2) is 36.0 Å². The Kier molecular flexibility index (Phi) is 5.20. The maximum absolute atomic E-state index is 12.4. The van der Waals surface area contributed by atoms with Crippen LogP contribution in [0, 0.1) is 0 Å². The molecule has 2 aliphatic rings. The van der Waals surface area contributed by atoms with Crippen LogP contribution in [0.5, 0.6) is 0 Å². The number of piperidine rings is 1. The van der Waals surface area contributed by atoms with Crippen molar-refractivity contribution < 1.29 is 9.59 Å². The molecular formula is C17H25N3O2S. The third-order valence-electron chi connectivity index (χ3n) is 4.74. The zero-order chi connectivity index (χ0) is 16.2. The maximum atomic E-state index is 12.4. The van der Waals surface area contributed by atoms with E-state index in [-0.39, 0.29) is 18.0 Å². The van der Waals surface area contributed by atoms with Gasteiger partial charge in [-0.25, -0.2) is 4.79 Å². The fraction of sp³-hybridized carbons (Fsp3) is 0.647. The summed E-state index contributed by atoms with van der Waals surface area (Å²) >= 11 is 1.76. The summed E-state index contributed by atoms with van der Waals surface area (Å²) in [7, 11) is 0. The molecule has 1 fully saturated rings. The third-order valence-corrected chi connectivity index (χ3v) is 5.74. The average Bonchev–Trinajstić information content (AvgIpc) is 3.04. The number of fused-ring (bicyclic) bond motifs is 1. The third kappa shape index (κ3) is 3.86. The predicted molar refractivity (Wildman–Crippen MR) is 91.6 cm³/mol. The lowest BCUT2D eigenvalue weighted by molar-refractivity contribution is -0.133. The maximum Gasteiger partial charge on any atom is 0.315 e. The van der Waals surface area contributed by atoms with E-state index in [1.165, 1.54) is 16.9 Å². The van der Waals surface area contributed by atoms with Gasteiger partial charge in [0.05, 0.1) is 6.04 Å². The van der Waals surface area contributed by atoms with Gasteiger partial charge in [-0.2, -0.15) is 0 Å². The Hall–Kier alpha value is -1.56. The van der Waals surface area contributed by atoms with E-state index in [2.05, 4.69) is 22.1 Å². The molecule has 0 bridgehead atoms. The van der Waals surface area contributed by atoms with Crippen LogP contribution in [0.3, 0.4) is 0 Å². The van der Waals surface area contributed by atoms with Crippen molar-refractivity contribution in [1.29, 1.82) is 0 Å². The van der Waals surface area contributed by atoms with Crippen LogP contribution in [0.25, 0.3) is 0 Å². The van der Waals surface area contributed by atoms with Crippen molar-refractivity contribution in [1.82, 2.24) is 15.5 Å². The van der Waals surface area contributed by atoms with E-state index in [9.17, 15) is 9.59 Å². The largest absolute Gasteiger partial charge is 0.341 e. The highest BCUT2D eigenvalue weighted by Crippen LogP contribution is 2.33. The number of carbonyl (C=O) groups is 2. The van der Waals surface area contributed by atoms with E-state index in [1.807, 2.05) is 4.90 Å². The summed E-state index contributed by atoms with van der Waals surface area (Å²) in [5.74, 6) is 0.0275. The van der Waals surface area contributed by atoms with Gasteiger partial charge in [-0.15, -0.1) is 11.3 Å². The van der Waals surface area contributed by atoms with Gasteiger partial charge in [0.1, 0.15) is 6.04 Å². The Morgan fingerprint density at radius 2 is 2.04 bits per heavy atom. The van der Waals surface area contributed by atoms with Crippen molar-refractivity contribution in [2.75, 3.05) is 13.1 Å². The number of hydrogen-bond donors (Lipinski definition) is 2. The molecule has 0 radical (unpaired) electrons. The van der Waals surface area contributed by atoms with Gasteiger partial charge in [0.2, 0.25) is 5.91 Å². The number of likely N-dealkylation sites (tertiary alicyclic amines) is 1. The van der Waals surface area contributed by atoms with E-state index in [4.69, 9.17) is 0 Å². The highest BCUT2D eigenvalue weighted by atomic mass is 32.1. The second-order valence-corrected chi connectivity index (χ2v) is 7.47. The van der Waals surface area contributed by atoms with E-state index in [1.54, 1.807) is 18.3 Å². The van der Waals surface area contributed by atoms with Crippen molar-refractivity contribution in [2.45, 2.75) is 57.5 Å². The lowest BCUT2D eigenvalue weighted by atomic mass is 9.94. The van der Waals surface area contributed by atoms with E-state index in [0.717, 1.165) is 45.2 Å². The lowest BCUT2D eigenvalue weighted by Crippen LogP contribution is -2.51. The zero-order valence-electron chi connectivity index (χ0n) is 13.6. The Bertz CT molecular complexity index is 566. The molecule has 2 heterocycles. The number of urea groups is 1. The van der Waals surface area contributed by atoms with Gasteiger partial charge in [0.15, 0.2) is 0 Å². The highest BCUT2D eigenvalue weighted by Gasteiger charge is 2.26. The molecule has 3 amide bonds. The first-order valence-electron chi connectivity index (χ1n) is 8.57. The molecule has 23 heavy (non-hydrogen) atoms. The minimum absolute atomic E-state index is 0.0275. The highest BCUT2D eigenvalue weighted by molar-refractivity contribution is 7.10. The second kappa shape index (κ2) is 7.34. The summed E-state index contributed by atoms with van der Waals surface area (Å²) < 4.78 is 0. The van der Waals surface area contributed by atoms with Crippen LogP contribution < -0.4 is 10.6 Å². The van der Waals surface area contributed by atoms with Crippen LogP contribution in [0.1, 0.15) is 55.5 Å². The van der Waals surface area contributed by atoms with Crippen LogP contribution in [0.4, 0.5) is 4.79 Å². The summed E-state index contributed by atoms with van der Waals surface area (Å²) in [5.41, 5.74) is 1.24. The monoisotopic (exact) mass is 335 g/mol. The first kappa shape index (κ1) is 16.3. The number of carbonyl (C=O) groups excluding carboxylic acids is 2. The fourth-order valence-corrected chi connectivity index (χ4v) is 4.47. The summed E-state index contributed by atoms with van der Waals surface area (Å²) in [6.45, 7) is 3.40. The number of aryl methyl sites for hydroxylation is 1. The zero-order valence-corrected chi connectivity index (χ0v) is 14.5. The number of nitrogens with one attached hydrogen (secondary N) is 2. The van der Waals surface area contributed by atoms with Crippen molar-refractivity contribution in [3.63, 3.8) is 0 Å². The van der Waals surface area contributed by atoms with Gasteiger partial charge in [-0.3, -0.25) is 4.79 Å². The first-order valence-corrected chi connectivity index (χ1v) is 9.45. The summed E-state index contributed by atoms with van der Waals surface area (Å²) in [6, 6.07) is 1.46. The molecule has 1 aliphatic carbocycles. The smallest absolute Gasteiger partial charge is 0.315 e. The number of rotatable bonds is 3. The summed E-state index contributed by atoms with van der Waals surface area (Å²) in [5, 5.41) is 7.93. The van der Waals surface area contributed by atoms with Crippen molar-refractivity contribution in [3.05, 3.63) is 21.9 Å². The number of thiophene rings is 1. The fourth-order valence-electron chi connectivity index (χ4n) is 3.48. The summed E-state index contributed by atoms with van der Waals surface area (Å²) in [6.07, 6.45) is 6.49. The molecular weight excluding hydrogens is 310 g/mol. The molecule has 1 unspecified atom stereocenters. The molecule has 1 aromatic heterocycles. The second-order valence-electron chi connectivity index (χ2n) is 6.47. The summed E-state index contributed by atoms with van der Waals surface area (Å²) in [4.78, 5) is 27.9. The van der Waals surface area contributed by atoms with Gasteiger partial charge in [0.25, 0.3) is 0 Å². The van der Waals surface area contributed by atoms with Gasteiger partial charge >= 0.3 is 6.03 Å². The standard InChI is InChI=1S/C17H25N3O2S/c1-12(16(21)20-9-3-2-4-10-20)18-17(22)19-14-6-5-7-15-13(14)8-11-23-15/h8,11-12,14H,2-7,9-10H2,1H3,(H2,18,19,22)/t12-,14?/m0/s1. The van der Waals surface area contributed by atoms with Crippen LogP contribution >= 0.6 is 11.3 Å². The molecule has 2 atom stereocenters. The Labute approximate surface area is 141 Å². The van der Waals surface area contributed by atoms with Gasteiger partial charge < -0.3 is 15.5 Å². The molecule has 5 nitrogen and oxygen atoms in total. The molecule has 1 aliphatic heterocycles. The molecule has 0 spiro atoms. The minimum atomic E-state index is -0.473. The first-order chi connectivity index (χ1) is 11.1. The van der Waals surface area contributed by atoms with Crippen molar-refractivity contribution >= 4 is 23.3 Å². The topological polar surface area (TPSA) is 61.4 Å². The van der Waals surface area contributed by atoms with Gasteiger partial charge in [0, 0.05) is 18.0 Å². The molecule has 1 aromatic rings. The van der Waals surface area contributed by atoms with Crippen LogP contribution in [-0.2, 0) is 11.2 Å². The molecule has 2 N–H and O–H groups in total. The Morgan fingerprint density at radius 1 is 1.26 bits per heavy atom. The van der Waals surface area contributed by atoms with E-state index < -0.39 is 6.04 Å². The molecule has 1 saturated heterocycles. The molecule has 6 heteroatoms. The Morgan fingerprint density at radius 3 is 2.83 bits per heavy atom. The van der Waals surface area contributed by atoms with Gasteiger partial charge in [-0.05, 0) is 62.5 Å². The number of hydrogen-bond acceptors (Lipinski definition) is 3. The van der Waals surface area contributed by atoms with E-state index >= 15 is 0 Å². The van der Waals surface area contributed by atoms with Crippen molar-refractivity contribution in [2.24, 2.45) is 0 Å². The molecule has 0 aromatic carbocycles.